The van der Waals surface area contributed by atoms with Crippen LogP contribution in [0.3, 0.4) is 0 Å². The molecule has 0 saturated carbocycles. The third-order valence-corrected chi connectivity index (χ3v) is 4.44. The van der Waals surface area contributed by atoms with Crippen LogP contribution in [0.2, 0.25) is 0 Å². The predicted octanol–water partition coefficient (Wildman–Crippen LogP) is 2.57. The Hall–Kier alpha value is -2.66. The molecule has 0 radical (unpaired) electrons. The van der Waals surface area contributed by atoms with Crippen LogP contribution in [-0.4, -0.2) is 37.6 Å². The first-order valence-corrected chi connectivity index (χ1v) is 9.04. The van der Waals surface area contributed by atoms with Gasteiger partial charge < -0.3 is 15.4 Å². The van der Waals surface area contributed by atoms with Crippen LogP contribution in [0.5, 0.6) is 0 Å². The molecule has 0 spiro atoms. The molecule has 2 aromatic carbocycles. The molecule has 1 aliphatic heterocycles. The van der Waals surface area contributed by atoms with Crippen molar-refractivity contribution in [2.24, 2.45) is 0 Å². The van der Waals surface area contributed by atoms with Crippen LogP contribution in [0, 0.1) is 0 Å². The lowest BCUT2D eigenvalue weighted by Crippen LogP contribution is -2.32. The van der Waals surface area contributed by atoms with Crippen molar-refractivity contribution in [1.82, 2.24) is 10.6 Å². The van der Waals surface area contributed by atoms with E-state index in [1.165, 1.54) is 5.56 Å². The summed E-state index contributed by atoms with van der Waals surface area (Å²) in [5.74, 6) is -0.353. The maximum Gasteiger partial charge on any atom is 0.251 e. The Morgan fingerprint density at radius 1 is 0.962 bits per heavy atom. The summed E-state index contributed by atoms with van der Waals surface area (Å²) in [5, 5.41) is 5.78. The number of carbonyl (C=O) groups excluding carboxylic acids is 2. The molecule has 1 heterocycles. The van der Waals surface area contributed by atoms with Gasteiger partial charge in [-0.1, -0.05) is 36.4 Å². The largest absolute Gasteiger partial charge is 0.376 e. The normalized spacial score (nSPS) is 16.2. The molecule has 1 aliphatic rings. The van der Waals surface area contributed by atoms with Gasteiger partial charge in [0.2, 0.25) is 0 Å². The van der Waals surface area contributed by atoms with E-state index in [1.54, 1.807) is 24.3 Å². The van der Waals surface area contributed by atoms with Gasteiger partial charge in [-0.25, -0.2) is 0 Å². The van der Waals surface area contributed by atoms with Crippen LogP contribution < -0.4 is 10.6 Å². The second-order valence-electron chi connectivity index (χ2n) is 6.42. The molecule has 5 heteroatoms. The van der Waals surface area contributed by atoms with Gasteiger partial charge in [-0.3, -0.25) is 9.59 Å². The Balaban J connectivity index is 1.50. The molecular weight excluding hydrogens is 328 g/mol. The molecule has 136 valence electrons. The first-order valence-electron chi connectivity index (χ1n) is 9.04. The fraction of sp³-hybridized carbons (Fsp3) is 0.333. The van der Waals surface area contributed by atoms with Crippen molar-refractivity contribution < 1.29 is 14.3 Å². The summed E-state index contributed by atoms with van der Waals surface area (Å²) in [5.41, 5.74) is 2.15. The first kappa shape index (κ1) is 18.1. The molecule has 0 bridgehead atoms. The highest BCUT2D eigenvalue weighted by Gasteiger charge is 2.17. The molecule has 2 amide bonds. The molecule has 5 nitrogen and oxygen atoms in total. The Labute approximate surface area is 153 Å². The van der Waals surface area contributed by atoms with Crippen LogP contribution in [0.1, 0.15) is 39.1 Å². The van der Waals surface area contributed by atoms with Gasteiger partial charge in [0, 0.05) is 30.8 Å². The first-order chi connectivity index (χ1) is 12.7. The van der Waals surface area contributed by atoms with E-state index in [1.807, 2.05) is 30.3 Å². The number of rotatable bonds is 7. The van der Waals surface area contributed by atoms with Gasteiger partial charge in [-0.05, 0) is 43.0 Å². The third kappa shape index (κ3) is 5.17. The van der Waals surface area contributed by atoms with Crippen molar-refractivity contribution in [1.29, 1.82) is 0 Å². The second kappa shape index (κ2) is 9.15. The Morgan fingerprint density at radius 2 is 1.69 bits per heavy atom. The summed E-state index contributed by atoms with van der Waals surface area (Å²) < 4.78 is 5.50. The fourth-order valence-corrected chi connectivity index (χ4v) is 2.98. The Kier molecular flexibility index (Phi) is 6.39. The van der Waals surface area contributed by atoms with Crippen molar-refractivity contribution in [3.8, 4) is 0 Å². The maximum atomic E-state index is 12.3. The van der Waals surface area contributed by atoms with E-state index < -0.39 is 0 Å². The van der Waals surface area contributed by atoms with E-state index in [0.29, 0.717) is 24.2 Å². The number of benzene rings is 2. The van der Waals surface area contributed by atoms with E-state index in [0.717, 1.165) is 25.9 Å². The molecule has 0 aliphatic carbocycles. The smallest absolute Gasteiger partial charge is 0.251 e. The van der Waals surface area contributed by atoms with Crippen molar-refractivity contribution in [2.45, 2.75) is 25.4 Å². The minimum atomic E-state index is -0.181. The number of nitrogens with one attached hydrogen (secondary N) is 2. The molecule has 2 N–H and O–H groups in total. The average Bonchev–Trinajstić information content (AvgIpc) is 3.20. The van der Waals surface area contributed by atoms with Gasteiger partial charge in [-0.2, -0.15) is 0 Å². The van der Waals surface area contributed by atoms with Gasteiger partial charge >= 0.3 is 0 Å². The van der Waals surface area contributed by atoms with Crippen LogP contribution in [-0.2, 0) is 11.2 Å². The summed E-state index contributed by atoms with van der Waals surface area (Å²) in [6.45, 7) is 1.82. The number of carbonyl (C=O) groups is 2. The number of hydrogen-bond acceptors (Lipinski definition) is 3. The quantitative estimate of drug-likeness (QED) is 0.805. The minimum Gasteiger partial charge on any atom is -0.376 e. The molecule has 0 aromatic heterocycles. The molecule has 1 fully saturated rings. The summed E-state index contributed by atoms with van der Waals surface area (Å²) >= 11 is 0. The molecule has 2 aromatic rings. The Morgan fingerprint density at radius 3 is 2.38 bits per heavy atom. The van der Waals surface area contributed by atoms with Crippen molar-refractivity contribution >= 4 is 11.8 Å². The molecule has 1 saturated heterocycles. The highest BCUT2D eigenvalue weighted by Crippen LogP contribution is 2.11. The average molecular weight is 352 g/mol. The van der Waals surface area contributed by atoms with Crippen molar-refractivity contribution in [3.05, 3.63) is 71.3 Å². The lowest BCUT2D eigenvalue weighted by molar-refractivity contribution is 0.0857. The lowest BCUT2D eigenvalue weighted by Gasteiger charge is -2.11. The summed E-state index contributed by atoms with van der Waals surface area (Å²) in [4.78, 5) is 24.6. The SMILES string of the molecule is O=C(NCCc1ccccc1)c1cccc(C(=O)NCC2CCCO2)c1. The zero-order chi connectivity index (χ0) is 18.2. The van der Waals surface area contributed by atoms with E-state index in [-0.39, 0.29) is 17.9 Å². The number of hydrogen-bond donors (Lipinski definition) is 2. The van der Waals surface area contributed by atoms with Crippen LogP contribution in [0.15, 0.2) is 54.6 Å². The van der Waals surface area contributed by atoms with Gasteiger partial charge in [0.05, 0.1) is 6.10 Å². The third-order valence-electron chi connectivity index (χ3n) is 4.44. The number of amides is 2. The number of ether oxygens (including phenoxy) is 1. The summed E-state index contributed by atoms with van der Waals surface area (Å²) in [6, 6.07) is 16.8. The molecular formula is C21H24N2O3. The van der Waals surface area contributed by atoms with Crippen molar-refractivity contribution in [2.75, 3.05) is 19.7 Å². The summed E-state index contributed by atoms with van der Waals surface area (Å²) in [7, 11) is 0. The summed E-state index contributed by atoms with van der Waals surface area (Å²) in [6.07, 6.45) is 2.89. The van der Waals surface area contributed by atoms with Crippen molar-refractivity contribution in [3.63, 3.8) is 0 Å². The lowest BCUT2D eigenvalue weighted by atomic mass is 10.1. The fourth-order valence-electron chi connectivity index (χ4n) is 2.98. The second-order valence-corrected chi connectivity index (χ2v) is 6.42. The molecule has 1 atom stereocenters. The maximum absolute atomic E-state index is 12.3. The topological polar surface area (TPSA) is 67.4 Å². The molecule has 1 unspecified atom stereocenters. The van der Waals surface area contributed by atoms with E-state index in [9.17, 15) is 9.59 Å². The predicted molar refractivity (Wildman–Crippen MR) is 100 cm³/mol. The zero-order valence-electron chi connectivity index (χ0n) is 14.7. The Bertz CT molecular complexity index is 740. The monoisotopic (exact) mass is 352 g/mol. The standard InChI is InChI=1S/C21H24N2O3/c24-20(22-12-11-16-6-2-1-3-7-16)17-8-4-9-18(14-17)21(25)23-15-19-10-5-13-26-19/h1-4,6-9,14,19H,5,10-13,15H2,(H,22,24)(H,23,25). The molecule has 3 rings (SSSR count). The molecule has 26 heavy (non-hydrogen) atoms. The van der Waals surface area contributed by atoms with Crippen LogP contribution >= 0.6 is 0 Å². The van der Waals surface area contributed by atoms with E-state index >= 15 is 0 Å². The highest BCUT2D eigenvalue weighted by atomic mass is 16.5. The van der Waals surface area contributed by atoms with E-state index in [4.69, 9.17) is 4.74 Å². The van der Waals surface area contributed by atoms with Gasteiger partial charge in [0.25, 0.3) is 11.8 Å². The van der Waals surface area contributed by atoms with Gasteiger partial charge in [0.1, 0.15) is 0 Å². The van der Waals surface area contributed by atoms with E-state index in [2.05, 4.69) is 10.6 Å². The minimum absolute atomic E-state index is 0.100. The van der Waals surface area contributed by atoms with Crippen LogP contribution in [0.25, 0.3) is 0 Å². The van der Waals surface area contributed by atoms with Gasteiger partial charge in [0.15, 0.2) is 0 Å². The van der Waals surface area contributed by atoms with Gasteiger partial charge in [-0.15, -0.1) is 0 Å². The zero-order valence-corrected chi connectivity index (χ0v) is 14.7. The van der Waals surface area contributed by atoms with Crippen LogP contribution in [0.4, 0.5) is 0 Å². The highest BCUT2D eigenvalue weighted by molar-refractivity contribution is 5.99.